The number of anilines is 2. The molecule has 33 heavy (non-hydrogen) atoms. The van der Waals surface area contributed by atoms with Crippen molar-refractivity contribution in [1.29, 1.82) is 0 Å². The van der Waals surface area contributed by atoms with Crippen LogP contribution in [-0.2, 0) is 9.59 Å². The number of aryl methyl sites for hydroxylation is 1. The Morgan fingerprint density at radius 2 is 1.61 bits per heavy atom. The number of hydrogen-bond donors (Lipinski definition) is 2. The molecule has 1 aromatic heterocycles. The molecular weight excluding hydrogens is 420 g/mol. The van der Waals surface area contributed by atoms with E-state index >= 15 is 0 Å². The van der Waals surface area contributed by atoms with E-state index in [-0.39, 0.29) is 18.4 Å². The molecule has 0 saturated carbocycles. The quantitative estimate of drug-likeness (QED) is 0.430. The van der Waals surface area contributed by atoms with Gasteiger partial charge in [0, 0.05) is 29.4 Å². The lowest BCUT2D eigenvalue weighted by Crippen LogP contribution is -2.20. The van der Waals surface area contributed by atoms with Crippen LogP contribution in [0.2, 0.25) is 0 Å². The maximum absolute atomic E-state index is 12.2. The number of benzene rings is 3. The summed E-state index contributed by atoms with van der Waals surface area (Å²) >= 11 is 0. The molecule has 0 fully saturated rings. The minimum atomic E-state index is -0.313. The summed E-state index contributed by atoms with van der Waals surface area (Å²) in [4.78, 5) is 27.8. The minimum absolute atomic E-state index is 0.158. The summed E-state index contributed by atoms with van der Waals surface area (Å²) < 4.78 is 11.0. The maximum atomic E-state index is 12.2. The van der Waals surface area contributed by atoms with Crippen LogP contribution in [0.15, 0.2) is 77.3 Å². The zero-order valence-electron chi connectivity index (χ0n) is 18.2. The van der Waals surface area contributed by atoms with Crippen LogP contribution >= 0.6 is 0 Å². The fourth-order valence-electron chi connectivity index (χ4n) is 3.07. The van der Waals surface area contributed by atoms with Gasteiger partial charge in [-0.15, -0.1) is 0 Å². The van der Waals surface area contributed by atoms with Crippen molar-refractivity contribution in [2.45, 2.75) is 13.8 Å². The Morgan fingerprint density at radius 1 is 0.909 bits per heavy atom. The summed E-state index contributed by atoms with van der Waals surface area (Å²) in [5.41, 5.74) is 3.96. The highest BCUT2D eigenvalue weighted by Gasteiger charge is 2.12. The lowest BCUT2D eigenvalue weighted by Gasteiger charge is -2.09. The number of ether oxygens (including phenoxy) is 1. The van der Waals surface area contributed by atoms with Gasteiger partial charge in [0.15, 0.2) is 6.61 Å². The van der Waals surface area contributed by atoms with E-state index in [0.29, 0.717) is 34.4 Å². The molecule has 0 bridgehead atoms. The van der Waals surface area contributed by atoms with Gasteiger partial charge in [-0.2, -0.15) is 4.98 Å². The second-order valence-corrected chi connectivity index (χ2v) is 7.41. The average Bonchev–Trinajstić information content (AvgIpc) is 3.30. The number of nitrogens with zero attached hydrogens (tertiary/aromatic N) is 2. The molecule has 2 N–H and O–H groups in total. The van der Waals surface area contributed by atoms with Gasteiger partial charge in [0.25, 0.3) is 11.8 Å². The van der Waals surface area contributed by atoms with Gasteiger partial charge in [-0.3, -0.25) is 9.59 Å². The van der Waals surface area contributed by atoms with Crippen LogP contribution in [-0.4, -0.2) is 28.6 Å². The number of aromatic nitrogens is 2. The van der Waals surface area contributed by atoms with Crippen molar-refractivity contribution in [3.8, 4) is 28.6 Å². The molecule has 0 atom stereocenters. The number of amides is 2. The van der Waals surface area contributed by atoms with Crippen LogP contribution in [0.25, 0.3) is 22.8 Å². The van der Waals surface area contributed by atoms with Crippen molar-refractivity contribution in [2.75, 3.05) is 17.2 Å². The minimum Gasteiger partial charge on any atom is -0.484 e. The lowest BCUT2D eigenvalue weighted by atomic mass is 10.1. The lowest BCUT2D eigenvalue weighted by molar-refractivity contribution is -0.118. The molecule has 0 aliphatic heterocycles. The first-order chi connectivity index (χ1) is 16.0. The van der Waals surface area contributed by atoms with Crippen LogP contribution < -0.4 is 15.4 Å². The molecule has 0 spiro atoms. The average molecular weight is 442 g/mol. The number of rotatable bonds is 7. The molecular formula is C25H22N4O4. The highest BCUT2D eigenvalue weighted by atomic mass is 16.5. The van der Waals surface area contributed by atoms with E-state index in [0.717, 1.165) is 11.1 Å². The van der Waals surface area contributed by atoms with Gasteiger partial charge in [-0.1, -0.05) is 41.1 Å². The summed E-state index contributed by atoms with van der Waals surface area (Å²) in [5.74, 6) is 0.889. The number of hydrogen-bond acceptors (Lipinski definition) is 6. The van der Waals surface area contributed by atoms with Crippen LogP contribution in [0.5, 0.6) is 5.75 Å². The largest absolute Gasteiger partial charge is 0.484 e. The summed E-state index contributed by atoms with van der Waals surface area (Å²) in [5, 5.41) is 9.47. The van der Waals surface area contributed by atoms with Gasteiger partial charge >= 0.3 is 0 Å². The topological polar surface area (TPSA) is 106 Å². The molecule has 8 heteroatoms. The zero-order chi connectivity index (χ0) is 23.2. The fraction of sp³-hybridized carbons (Fsp3) is 0.120. The van der Waals surface area contributed by atoms with E-state index in [9.17, 15) is 9.59 Å². The molecule has 4 rings (SSSR count). The van der Waals surface area contributed by atoms with Gasteiger partial charge in [-0.05, 0) is 49.4 Å². The van der Waals surface area contributed by atoms with Crippen LogP contribution in [0.1, 0.15) is 12.5 Å². The third-order valence-corrected chi connectivity index (χ3v) is 4.68. The van der Waals surface area contributed by atoms with E-state index < -0.39 is 0 Å². The first-order valence-electron chi connectivity index (χ1n) is 10.3. The van der Waals surface area contributed by atoms with E-state index in [1.54, 1.807) is 42.5 Å². The van der Waals surface area contributed by atoms with Gasteiger partial charge in [0.05, 0.1) is 0 Å². The third kappa shape index (κ3) is 5.82. The summed E-state index contributed by atoms with van der Waals surface area (Å²) in [6.45, 7) is 3.28. The molecule has 3 aromatic carbocycles. The SMILES string of the molecule is CC(=O)Nc1ccc(NC(=O)COc2cccc(-c3nc(-c4ccc(C)cc4)no3)c2)cc1. The van der Waals surface area contributed by atoms with E-state index in [1.165, 1.54) is 6.92 Å². The molecule has 4 aromatic rings. The molecule has 8 nitrogen and oxygen atoms in total. The summed E-state index contributed by atoms with van der Waals surface area (Å²) in [6, 6.07) is 21.8. The van der Waals surface area contributed by atoms with Crippen LogP contribution in [0.4, 0.5) is 11.4 Å². The molecule has 0 saturated heterocycles. The van der Waals surface area contributed by atoms with Gasteiger partial charge in [-0.25, -0.2) is 0 Å². The Kier molecular flexibility index (Phi) is 6.45. The monoisotopic (exact) mass is 442 g/mol. The zero-order valence-corrected chi connectivity index (χ0v) is 18.2. The molecule has 2 amide bonds. The Bertz CT molecular complexity index is 1260. The summed E-state index contributed by atoms with van der Waals surface area (Å²) in [7, 11) is 0. The van der Waals surface area contributed by atoms with E-state index in [1.807, 2.05) is 37.3 Å². The van der Waals surface area contributed by atoms with Crippen molar-refractivity contribution in [1.82, 2.24) is 10.1 Å². The fourth-order valence-corrected chi connectivity index (χ4v) is 3.07. The molecule has 0 radical (unpaired) electrons. The highest BCUT2D eigenvalue weighted by Crippen LogP contribution is 2.25. The first kappa shape index (κ1) is 21.8. The van der Waals surface area contributed by atoms with Crippen molar-refractivity contribution in [3.63, 3.8) is 0 Å². The normalized spacial score (nSPS) is 10.5. The number of nitrogens with one attached hydrogen (secondary N) is 2. The highest BCUT2D eigenvalue weighted by molar-refractivity contribution is 5.93. The summed E-state index contributed by atoms with van der Waals surface area (Å²) in [6.07, 6.45) is 0. The van der Waals surface area contributed by atoms with E-state index in [2.05, 4.69) is 20.8 Å². The van der Waals surface area contributed by atoms with Crippen molar-refractivity contribution in [2.24, 2.45) is 0 Å². The molecule has 0 aliphatic rings. The maximum Gasteiger partial charge on any atom is 0.262 e. The van der Waals surface area contributed by atoms with Crippen molar-refractivity contribution in [3.05, 3.63) is 78.4 Å². The predicted molar refractivity (Wildman–Crippen MR) is 125 cm³/mol. The second-order valence-electron chi connectivity index (χ2n) is 7.41. The Morgan fingerprint density at radius 3 is 2.30 bits per heavy atom. The third-order valence-electron chi connectivity index (χ3n) is 4.68. The molecule has 1 heterocycles. The van der Waals surface area contributed by atoms with Crippen molar-refractivity contribution >= 4 is 23.2 Å². The van der Waals surface area contributed by atoms with Crippen LogP contribution in [0, 0.1) is 6.92 Å². The molecule has 166 valence electrons. The van der Waals surface area contributed by atoms with E-state index in [4.69, 9.17) is 9.26 Å². The standard InChI is InChI=1S/C25H22N4O4/c1-16-6-8-18(9-7-16)24-28-25(33-29-24)19-4-3-5-22(14-19)32-15-23(31)27-21-12-10-20(11-13-21)26-17(2)30/h3-14H,15H2,1-2H3,(H,26,30)(H,27,31). The smallest absolute Gasteiger partial charge is 0.262 e. The van der Waals surface area contributed by atoms with Gasteiger partial charge < -0.3 is 19.9 Å². The Balaban J connectivity index is 1.36. The van der Waals surface area contributed by atoms with Gasteiger partial charge in [0.2, 0.25) is 11.7 Å². The number of carbonyl (C=O) groups is 2. The predicted octanol–water partition coefficient (Wildman–Crippen LogP) is 4.69. The van der Waals surface area contributed by atoms with Crippen LogP contribution in [0.3, 0.4) is 0 Å². The molecule has 0 unspecified atom stereocenters. The second kappa shape index (κ2) is 9.78. The Labute approximate surface area is 190 Å². The first-order valence-corrected chi connectivity index (χ1v) is 10.3. The Hall–Kier alpha value is -4.46. The van der Waals surface area contributed by atoms with Crippen molar-refractivity contribution < 1.29 is 18.8 Å². The number of carbonyl (C=O) groups excluding carboxylic acids is 2. The van der Waals surface area contributed by atoms with Gasteiger partial charge in [0.1, 0.15) is 5.75 Å². The molecule has 0 aliphatic carbocycles.